The largest absolute Gasteiger partial charge is 0.0835 e. The lowest BCUT2D eigenvalue weighted by Crippen LogP contribution is -2.05. The first-order valence-electron chi connectivity index (χ1n) is 7.54. The lowest BCUT2D eigenvalue weighted by Gasteiger charge is -2.19. The van der Waals surface area contributed by atoms with Gasteiger partial charge in [-0.1, -0.05) is 58.4 Å². The molecule has 2 aromatic carbocycles. The standard InChI is InChI=1S/C19H21Br/c1-14-6-2-3-8-16(14)13-19(20)18-11-10-15-7-4-5-9-17(15)12-18/h2-3,6,8,10-12,19H,4-5,7,9,13H2,1H3. The predicted octanol–water partition coefficient (Wildman–Crippen LogP) is 5.55. The van der Waals surface area contributed by atoms with Crippen molar-refractivity contribution in [1.82, 2.24) is 0 Å². The van der Waals surface area contributed by atoms with Crippen LogP contribution in [0, 0.1) is 6.92 Å². The highest BCUT2D eigenvalue weighted by atomic mass is 79.9. The average molecular weight is 329 g/mol. The minimum atomic E-state index is 0.413. The minimum Gasteiger partial charge on any atom is -0.0835 e. The van der Waals surface area contributed by atoms with Gasteiger partial charge in [0, 0.05) is 4.83 Å². The number of aryl methyl sites for hydroxylation is 3. The van der Waals surface area contributed by atoms with Crippen LogP contribution in [0.1, 0.15) is 45.5 Å². The number of halogens is 1. The van der Waals surface area contributed by atoms with Gasteiger partial charge in [-0.25, -0.2) is 0 Å². The third-order valence-corrected chi connectivity index (χ3v) is 5.25. The molecule has 0 aliphatic heterocycles. The van der Waals surface area contributed by atoms with E-state index in [2.05, 4.69) is 65.3 Å². The van der Waals surface area contributed by atoms with Gasteiger partial charge in [-0.2, -0.15) is 0 Å². The van der Waals surface area contributed by atoms with Gasteiger partial charge in [-0.3, -0.25) is 0 Å². The Balaban J connectivity index is 1.80. The van der Waals surface area contributed by atoms with Crippen LogP contribution >= 0.6 is 15.9 Å². The lowest BCUT2D eigenvalue weighted by atomic mass is 9.89. The Kier molecular flexibility index (Phi) is 4.26. The van der Waals surface area contributed by atoms with E-state index in [1.54, 1.807) is 11.1 Å². The first-order chi connectivity index (χ1) is 9.74. The molecule has 0 bridgehead atoms. The first-order valence-corrected chi connectivity index (χ1v) is 8.46. The van der Waals surface area contributed by atoms with E-state index in [0.717, 1.165) is 6.42 Å². The molecule has 1 unspecified atom stereocenters. The molecule has 0 nitrogen and oxygen atoms in total. The summed E-state index contributed by atoms with van der Waals surface area (Å²) in [5, 5.41) is 0. The highest BCUT2D eigenvalue weighted by Gasteiger charge is 2.14. The van der Waals surface area contributed by atoms with Crippen LogP contribution in [0.15, 0.2) is 42.5 Å². The van der Waals surface area contributed by atoms with E-state index in [0.29, 0.717) is 4.83 Å². The van der Waals surface area contributed by atoms with E-state index in [1.165, 1.54) is 42.4 Å². The molecule has 20 heavy (non-hydrogen) atoms. The van der Waals surface area contributed by atoms with Gasteiger partial charge < -0.3 is 0 Å². The molecule has 0 N–H and O–H groups in total. The SMILES string of the molecule is Cc1ccccc1CC(Br)c1ccc2c(c1)CCCC2. The monoisotopic (exact) mass is 328 g/mol. The Morgan fingerprint density at radius 1 is 1.00 bits per heavy atom. The lowest BCUT2D eigenvalue weighted by molar-refractivity contribution is 0.684. The zero-order valence-corrected chi connectivity index (χ0v) is 13.6. The topological polar surface area (TPSA) is 0 Å². The molecule has 0 spiro atoms. The van der Waals surface area contributed by atoms with Crippen LogP contribution in [-0.2, 0) is 19.3 Å². The summed E-state index contributed by atoms with van der Waals surface area (Å²) in [6.07, 6.45) is 6.29. The third kappa shape index (κ3) is 2.98. The van der Waals surface area contributed by atoms with Crippen LogP contribution < -0.4 is 0 Å². The number of alkyl halides is 1. The maximum Gasteiger partial charge on any atom is 0.0435 e. The van der Waals surface area contributed by atoms with E-state index < -0.39 is 0 Å². The second-order valence-corrected chi connectivity index (χ2v) is 6.94. The number of hydrogen-bond acceptors (Lipinski definition) is 0. The number of rotatable bonds is 3. The van der Waals surface area contributed by atoms with Gasteiger partial charge in [0.05, 0.1) is 0 Å². The van der Waals surface area contributed by atoms with Crippen LogP contribution in [-0.4, -0.2) is 0 Å². The maximum absolute atomic E-state index is 3.88. The van der Waals surface area contributed by atoms with Crippen LogP contribution in [0.5, 0.6) is 0 Å². The maximum atomic E-state index is 3.88. The van der Waals surface area contributed by atoms with Gasteiger partial charge >= 0.3 is 0 Å². The Morgan fingerprint density at radius 2 is 1.75 bits per heavy atom. The molecule has 0 saturated carbocycles. The predicted molar refractivity (Wildman–Crippen MR) is 89.6 cm³/mol. The summed E-state index contributed by atoms with van der Waals surface area (Å²) in [6.45, 7) is 2.20. The fraction of sp³-hybridized carbons (Fsp3) is 0.368. The van der Waals surface area contributed by atoms with Crippen LogP contribution in [0.3, 0.4) is 0 Å². The third-order valence-electron chi connectivity index (χ3n) is 4.39. The Hall–Kier alpha value is -1.08. The van der Waals surface area contributed by atoms with Crippen molar-refractivity contribution < 1.29 is 0 Å². The van der Waals surface area contributed by atoms with Crippen molar-refractivity contribution in [1.29, 1.82) is 0 Å². The molecular weight excluding hydrogens is 308 g/mol. The molecule has 1 atom stereocenters. The minimum absolute atomic E-state index is 0.413. The molecule has 1 aliphatic rings. The number of hydrogen-bond donors (Lipinski definition) is 0. The quantitative estimate of drug-likeness (QED) is 0.648. The van der Waals surface area contributed by atoms with Crippen molar-refractivity contribution in [2.45, 2.75) is 43.9 Å². The molecule has 0 radical (unpaired) electrons. The van der Waals surface area contributed by atoms with Crippen LogP contribution in [0.4, 0.5) is 0 Å². The van der Waals surface area contributed by atoms with E-state index in [-0.39, 0.29) is 0 Å². The van der Waals surface area contributed by atoms with Crippen molar-refractivity contribution in [2.24, 2.45) is 0 Å². The molecular formula is C19H21Br. The summed E-state index contributed by atoms with van der Waals surface area (Å²) in [5.41, 5.74) is 7.38. The Bertz CT molecular complexity index is 600. The molecule has 0 saturated heterocycles. The molecule has 0 heterocycles. The second-order valence-electron chi connectivity index (χ2n) is 5.83. The van der Waals surface area contributed by atoms with Gasteiger partial charge in [-0.15, -0.1) is 0 Å². The van der Waals surface area contributed by atoms with Gasteiger partial charge in [0.15, 0.2) is 0 Å². The molecule has 1 heteroatoms. The van der Waals surface area contributed by atoms with Gasteiger partial charge in [0.25, 0.3) is 0 Å². The molecule has 0 aromatic heterocycles. The van der Waals surface area contributed by atoms with Gasteiger partial charge in [-0.05, 0) is 66.8 Å². The number of benzene rings is 2. The normalized spacial score (nSPS) is 15.7. The fourth-order valence-corrected chi connectivity index (χ4v) is 3.73. The highest BCUT2D eigenvalue weighted by Crippen LogP contribution is 2.31. The smallest absolute Gasteiger partial charge is 0.0435 e. The van der Waals surface area contributed by atoms with Gasteiger partial charge in [0.2, 0.25) is 0 Å². The average Bonchev–Trinajstić information content (AvgIpc) is 2.49. The van der Waals surface area contributed by atoms with Crippen LogP contribution in [0.25, 0.3) is 0 Å². The summed E-state index contributed by atoms with van der Waals surface area (Å²) in [4.78, 5) is 0.413. The van der Waals surface area contributed by atoms with E-state index in [9.17, 15) is 0 Å². The second kappa shape index (κ2) is 6.13. The zero-order valence-electron chi connectivity index (χ0n) is 12.0. The molecule has 104 valence electrons. The van der Waals surface area contributed by atoms with Gasteiger partial charge in [0.1, 0.15) is 0 Å². The summed E-state index contributed by atoms with van der Waals surface area (Å²) in [6, 6.07) is 15.8. The summed E-state index contributed by atoms with van der Waals surface area (Å²) in [7, 11) is 0. The molecule has 2 aromatic rings. The van der Waals surface area contributed by atoms with Crippen molar-refractivity contribution in [3.8, 4) is 0 Å². The van der Waals surface area contributed by atoms with Crippen molar-refractivity contribution in [3.63, 3.8) is 0 Å². The Morgan fingerprint density at radius 3 is 2.55 bits per heavy atom. The summed E-state index contributed by atoms with van der Waals surface area (Å²) < 4.78 is 0. The first kappa shape index (κ1) is 13.9. The van der Waals surface area contributed by atoms with E-state index >= 15 is 0 Å². The molecule has 0 amide bonds. The number of fused-ring (bicyclic) bond motifs is 1. The van der Waals surface area contributed by atoms with E-state index in [1.807, 2.05) is 0 Å². The van der Waals surface area contributed by atoms with E-state index in [4.69, 9.17) is 0 Å². The van der Waals surface area contributed by atoms with Crippen LogP contribution in [0.2, 0.25) is 0 Å². The summed E-state index contributed by atoms with van der Waals surface area (Å²) in [5.74, 6) is 0. The zero-order chi connectivity index (χ0) is 13.9. The summed E-state index contributed by atoms with van der Waals surface area (Å²) >= 11 is 3.88. The molecule has 1 aliphatic carbocycles. The van der Waals surface area contributed by atoms with Crippen molar-refractivity contribution >= 4 is 15.9 Å². The molecule has 3 rings (SSSR count). The van der Waals surface area contributed by atoms with Crippen molar-refractivity contribution in [2.75, 3.05) is 0 Å². The Labute approximate surface area is 130 Å². The van der Waals surface area contributed by atoms with Crippen molar-refractivity contribution in [3.05, 3.63) is 70.3 Å². The highest BCUT2D eigenvalue weighted by molar-refractivity contribution is 9.09. The fourth-order valence-electron chi connectivity index (χ4n) is 3.10. The molecule has 0 fully saturated rings.